The number of carbonyl (C=O) groups is 1. The zero-order valence-corrected chi connectivity index (χ0v) is 16.8. The second-order valence-electron chi connectivity index (χ2n) is 6.71. The van der Waals surface area contributed by atoms with Crippen molar-refractivity contribution in [1.29, 1.82) is 0 Å². The van der Waals surface area contributed by atoms with Crippen LogP contribution >= 0.6 is 11.3 Å². The minimum atomic E-state index is -3.30. The SMILES string of the molecule is CCn1c(=NC(=O)C2CCCN(S(C)(=O)=O)C2)sc2cc3c(cc21)OCO3. The molecule has 0 bridgehead atoms. The zero-order valence-electron chi connectivity index (χ0n) is 15.2. The first-order valence-corrected chi connectivity index (χ1v) is 11.5. The summed E-state index contributed by atoms with van der Waals surface area (Å²) >= 11 is 1.42. The molecule has 2 aliphatic heterocycles. The van der Waals surface area contributed by atoms with Crippen LogP contribution in [-0.2, 0) is 21.4 Å². The molecule has 0 aliphatic carbocycles. The summed E-state index contributed by atoms with van der Waals surface area (Å²) in [5.74, 6) is 0.718. The third-order valence-electron chi connectivity index (χ3n) is 4.90. The van der Waals surface area contributed by atoms with Crippen LogP contribution in [0.2, 0.25) is 0 Å². The van der Waals surface area contributed by atoms with Gasteiger partial charge in [0, 0.05) is 31.8 Å². The van der Waals surface area contributed by atoms with Crippen LogP contribution in [0.25, 0.3) is 10.2 Å². The molecule has 1 aromatic carbocycles. The molecule has 1 fully saturated rings. The maximum absolute atomic E-state index is 12.7. The van der Waals surface area contributed by atoms with Gasteiger partial charge in [-0.2, -0.15) is 4.99 Å². The summed E-state index contributed by atoms with van der Waals surface area (Å²) in [6.07, 6.45) is 2.50. The van der Waals surface area contributed by atoms with Crippen LogP contribution in [0.15, 0.2) is 17.1 Å². The Morgan fingerprint density at radius 2 is 2.07 bits per heavy atom. The predicted molar refractivity (Wildman–Crippen MR) is 101 cm³/mol. The van der Waals surface area contributed by atoms with Gasteiger partial charge >= 0.3 is 0 Å². The molecular weight excluding hydrogens is 390 g/mol. The number of hydrogen-bond donors (Lipinski definition) is 0. The third kappa shape index (κ3) is 3.48. The molecule has 1 atom stereocenters. The van der Waals surface area contributed by atoms with Crippen molar-refractivity contribution in [3.8, 4) is 11.5 Å². The zero-order chi connectivity index (χ0) is 19.2. The van der Waals surface area contributed by atoms with E-state index in [1.165, 1.54) is 21.9 Å². The van der Waals surface area contributed by atoms with Crippen molar-refractivity contribution in [1.82, 2.24) is 8.87 Å². The van der Waals surface area contributed by atoms with Crippen molar-refractivity contribution in [3.05, 3.63) is 16.9 Å². The minimum Gasteiger partial charge on any atom is -0.454 e. The van der Waals surface area contributed by atoms with Crippen molar-refractivity contribution < 1.29 is 22.7 Å². The highest BCUT2D eigenvalue weighted by Crippen LogP contribution is 2.37. The number of aromatic nitrogens is 1. The Kier molecular flexibility index (Phi) is 4.73. The molecular formula is C17H21N3O5S2. The van der Waals surface area contributed by atoms with Gasteiger partial charge < -0.3 is 14.0 Å². The molecule has 1 aromatic heterocycles. The number of amides is 1. The first kappa shape index (κ1) is 18.5. The van der Waals surface area contributed by atoms with E-state index in [0.717, 1.165) is 10.2 Å². The normalized spacial score (nSPS) is 21.1. The van der Waals surface area contributed by atoms with Crippen LogP contribution < -0.4 is 14.3 Å². The van der Waals surface area contributed by atoms with Crippen molar-refractivity contribution in [2.75, 3.05) is 26.1 Å². The molecule has 4 rings (SSSR count). The highest BCUT2D eigenvalue weighted by molar-refractivity contribution is 7.88. The summed E-state index contributed by atoms with van der Waals surface area (Å²) in [6.45, 7) is 3.53. The molecule has 3 heterocycles. The summed E-state index contributed by atoms with van der Waals surface area (Å²) in [7, 11) is -3.30. The number of carbonyl (C=O) groups excluding carboxylic acids is 1. The summed E-state index contributed by atoms with van der Waals surface area (Å²) in [5, 5.41) is 0. The van der Waals surface area contributed by atoms with E-state index in [1.54, 1.807) is 0 Å². The first-order chi connectivity index (χ1) is 12.9. The molecule has 146 valence electrons. The molecule has 10 heteroatoms. The largest absolute Gasteiger partial charge is 0.454 e. The quantitative estimate of drug-likeness (QED) is 0.764. The van der Waals surface area contributed by atoms with Gasteiger partial charge in [0.2, 0.25) is 16.8 Å². The lowest BCUT2D eigenvalue weighted by atomic mass is 9.99. The summed E-state index contributed by atoms with van der Waals surface area (Å²) < 4.78 is 38.7. The number of nitrogens with zero attached hydrogens (tertiary/aromatic N) is 3. The number of aryl methyl sites for hydroxylation is 1. The van der Waals surface area contributed by atoms with Crippen LogP contribution in [0.1, 0.15) is 19.8 Å². The lowest BCUT2D eigenvalue weighted by Gasteiger charge is -2.28. The van der Waals surface area contributed by atoms with Crippen molar-refractivity contribution in [2.24, 2.45) is 10.9 Å². The summed E-state index contributed by atoms with van der Waals surface area (Å²) in [6, 6.07) is 3.82. The van der Waals surface area contributed by atoms with Gasteiger partial charge in [-0.05, 0) is 19.8 Å². The van der Waals surface area contributed by atoms with Crippen LogP contribution in [0, 0.1) is 5.92 Å². The van der Waals surface area contributed by atoms with Gasteiger partial charge in [0.15, 0.2) is 16.3 Å². The van der Waals surface area contributed by atoms with E-state index < -0.39 is 15.9 Å². The maximum atomic E-state index is 12.7. The van der Waals surface area contributed by atoms with E-state index in [2.05, 4.69) is 4.99 Å². The highest BCUT2D eigenvalue weighted by Gasteiger charge is 2.30. The number of rotatable bonds is 3. The number of sulfonamides is 1. The van der Waals surface area contributed by atoms with Gasteiger partial charge in [0.1, 0.15) is 0 Å². The number of ether oxygens (including phenoxy) is 2. The Labute approximate surface area is 161 Å². The van der Waals surface area contributed by atoms with E-state index in [0.29, 0.717) is 42.2 Å². The fourth-order valence-electron chi connectivity index (χ4n) is 3.48. The fraction of sp³-hybridized carbons (Fsp3) is 0.529. The standard InChI is InChI=1S/C17H21N3O5S2/c1-3-20-12-7-13-14(25-10-24-13)8-15(12)26-17(20)18-16(21)11-5-4-6-19(9-11)27(2,22)23/h7-8,11H,3-6,9-10H2,1-2H3. The molecule has 1 saturated heterocycles. The Hall–Kier alpha value is -1.91. The number of thiazole rings is 1. The molecule has 0 radical (unpaired) electrons. The van der Waals surface area contributed by atoms with E-state index in [1.807, 2.05) is 23.6 Å². The Morgan fingerprint density at radius 1 is 1.33 bits per heavy atom. The molecule has 8 nitrogen and oxygen atoms in total. The summed E-state index contributed by atoms with van der Waals surface area (Å²) in [5.41, 5.74) is 0.944. The van der Waals surface area contributed by atoms with Gasteiger partial charge in [-0.1, -0.05) is 11.3 Å². The van der Waals surface area contributed by atoms with Gasteiger partial charge in [-0.3, -0.25) is 4.79 Å². The van der Waals surface area contributed by atoms with Gasteiger partial charge in [-0.15, -0.1) is 0 Å². The van der Waals surface area contributed by atoms with E-state index in [9.17, 15) is 13.2 Å². The lowest BCUT2D eigenvalue weighted by molar-refractivity contribution is -0.122. The molecule has 2 aromatic rings. The minimum absolute atomic E-state index is 0.203. The fourth-order valence-corrected chi connectivity index (χ4v) is 5.50. The van der Waals surface area contributed by atoms with Gasteiger partial charge in [0.05, 0.1) is 22.4 Å². The number of piperidine rings is 1. The van der Waals surface area contributed by atoms with Crippen LogP contribution in [0.5, 0.6) is 11.5 Å². The number of benzene rings is 1. The van der Waals surface area contributed by atoms with E-state index in [4.69, 9.17) is 9.47 Å². The molecule has 1 amide bonds. The number of fused-ring (bicyclic) bond motifs is 2. The molecule has 0 saturated carbocycles. The Morgan fingerprint density at radius 3 is 2.78 bits per heavy atom. The first-order valence-electron chi connectivity index (χ1n) is 8.83. The van der Waals surface area contributed by atoms with Crippen LogP contribution in [0.3, 0.4) is 0 Å². The van der Waals surface area contributed by atoms with Crippen LogP contribution in [-0.4, -0.2) is 49.3 Å². The highest BCUT2D eigenvalue weighted by atomic mass is 32.2. The monoisotopic (exact) mass is 411 g/mol. The van der Waals surface area contributed by atoms with Crippen molar-refractivity contribution >= 4 is 37.5 Å². The maximum Gasteiger partial charge on any atom is 0.252 e. The van der Waals surface area contributed by atoms with Crippen LogP contribution in [0.4, 0.5) is 0 Å². The second kappa shape index (κ2) is 6.92. The van der Waals surface area contributed by atoms with E-state index >= 15 is 0 Å². The molecule has 1 unspecified atom stereocenters. The van der Waals surface area contributed by atoms with Crippen molar-refractivity contribution in [3.63, 3.8) is 0 Å². The molecule has 0 N–H and O–H groups in total. The van der Waals surface area contributed by atoms with Crippen molar-refractivity contribution in [2.45, 2.75) is 26.3 Å². The van der Waals surface area contributed by atoms with Gasteiger partial charge in [-0.25, -0.2) is 12.7 Å². The van der Waals surface area contributed by atoms with E-state index in [-0.39, 0.29) is 19.2 Å². The Balaban J connectivity index is 1.69. The smallest absolute Gasteiger partial charge is 0.252 e. The third-order valence-corrected chi connectivity index (χ3v) is 7.21. The van der Waals surface area contributed by atoms with Gasteiger partial charge in [0.25, 0.3) is 5.91 Å². The average molecular weight is 412 g/mol. The number of hydrogen-bond acceptors (Lipinski definition) is 6. The topological polar surface area (TPSA) is 90.2 Å². The predicted octanol–water partition coefficient (Wildman–Crippen LogP) is 1.55. The molecule has 0 spiro atoms. The lowest BCUT2D eigenvalue weighted by Crippen LogP contribution is -2.41. The average Bonchev–Trinajstić information content (AvgIpc) is 3.21. The molecule has 2 aliphatic rings. The molecule has 27 heavy (non-hydrogen) atoms. The Bertz CT molecular complexity index is 1070. The summed E-state index contributed by atoms with van der Waals surface area (Å²) in [4.78, 5) is 17.7. The second-order valence-corrected chi connectivity index (χ2v) is 9.70.